The second-order valence-corrected chi connectivity index (χ2v) is 24.4. The summed E-state index contributed by atoms with van der Waals surface area (Å²) in [6, 6.07) is 2.68. The van der Waals surface area contributed by atoms with Crippen molar-refractivity contribution in [2.75, 3.05) is 0 Å². The van der Waals surface area contributed by atoms with Crippen LogP contribution in [0.25, 0.3) is 0 Å². The van der Waals surface area contributed by atoms with Crippen LogP contribution in [-0.4, -0.2) is 56.2 Å². The highest BCUT2D eigenvalue weighted by atomic mass is 32.2. The number of ether oxygens (including phenoxy) is 1. The predicted molar refractivity (Wildman–Crippen MR) is 221 cm³/mol. The van der Waals surface area contributed by atoms with E-state index in [1.165, 1.54) is 103 Å². The third-order valence-electron chi connectivity index (χ3n) is 19.5. The van der Waals surface area contributed by atoms with Gasteiger partial charge in [-0.2, -0.15) is 23.5 Å². The van der Waals surface area contributed by atoms with Gasteiger partial charge in [0.1, 0.15) is 0 Å². The number of thioether (sulfide) groups is 2. The molecular weight excluding hydrogens is 671 g/mol. The first-order chi connectivity index (χ1) is 25.8. The van der Waals surface area contributed by atoms with Gasteiger partial charge < -0.3 is 4.74 Å². The molecule has 8 saturated carbocycles. The molecule has 292 valence electrons. The maximum atomic E-state index is 6.88. The van der Waals surface area contributed by atoms with Crippen LogP contribution >= 0.6 is 23.5 Å². The highest BCUT2D eigenvalue weighted by Gasteiger charge is 2.60. The van der Waals surface area contributed by atoms with Crippen LogP contribution in [0.15, 0.2) is 0 Å². The van der Waals surface area contributed by atoms with Gasteiger partial charge in [-0.25, -0.2) is 0 Å². The van der Waals surface area contributed by atoms with E-state index in [9.17, 15) is 0 Å². The van der Waals surface area contributed by atoms with E-state index in [1.807, 2.05) is 0 Å². The Labute approximate surface area is 328 Å². The first-order valence-electron chi connectivity index (χ1n) is 24.5. The molecule has 0 radical (unpaired) electrons. The van der Waals surface area contributed by atoms with Gasteiger partial charge in [0.05, 0.1) is 12.2 Å². The molecule has 4 heteroatoms. The molecule has 52 heavy (non-hydrogen) atoms. The summed E-state index contributed by atoms with van der Waals surface area (Å²) >= 11 is 5.19. The van der Waals surface area contributed by atoms with Crippen molar-refractivity contribution in [3.8, 4) is 0 Å². The molecule has 11 fully saturated rings. The summed E-state index contributed by atoms with van der Waals surface area (Å²) in [5, 5.41) is 4.04. The van der Waals surface area contributed by atoms with Crippen LogP contribution in [0.2, 0.25) is 0 Å². The second kappa shape index (κ2) is 15.4. The van der Waals surface area contributed by atoms with Crippen LogP contribution in [0, 0.1) is 59.2 Å². The van der Waals surface area contributed by atoms with Crippen LogP contribution in [0.1, 0.15) is 186 Å². The first-order valence-corrected chi connectivity index (χ1v) is 26.4. The van der Waals surface area contributed by atoms with E-state index in [1.54, 1.807) is 83.5 Å². The van der Waals surface area contributed by atoms with Crippen molar-refractivity contribution >= 4 is 23.5 Å². The van der Waals surface area contributed by atoms with Crippen LogP contribution in [-0.2, 0) is 4.74 Å². The van der Waals surface area contributed by atoms with E-state index in [2.05, 4.69) is 28.4 Å². The van der Waals surface area contributed by atoms with Crippen molar-refractivity contribution in [3.05, 3.63) is 0 Å². The molecule has 8 aliphatic carbocycles. The maximum absolute atomic E-state index is 6.88. The normalized spacial score (nSPS) is 53.7. The fraction of sp³-hybridized carbons (Fsp3) is 1.00. The van der Waals surface area contributed by atoms with Gasteiger partial charge in [0, 0.05) is 39.1 Å². The van der Waals surface area contributed by atoms with E-state index >= 15 is 0 Å². The number of fused-ring (bicyclic) bond motifs is 10. The van der Waals surface area contributed by atoms with Crippen LogP contribution in [0.4, 0.5) is 0 Å². The molecule has 3 saturated heterocycles. The standard InChI is InChI=1S/C48H77NOS2/c1-2-9-30(10-3-1)31-17-22-34(23-18-31)49(35-24-19-32(20-25-35)33-21-26-37-36-11-4-6-15-42(36)50-43(37)29-33)41-14-8-13-38-39-27-28-45-46(48(39)52-47(38)41)40-12-5-7-16-44(40)51-45/h30-48H,1-29H2. The molecule has 3 aliphatic heterocycles. The molecule has 14 unspecified atom stereocenters. The zero-order chi connectivity index (χ0) is 34.2. The van der Waals surface area contributed by atoms with E-state index in [4.69, 9.17) is 4.74 Å². The largest absolute Gasteiger partial charge is 0.374 e. The Morgan fingerprint density at radius 3 is 1.77 bits per heavy atom. The Hall–Kier alpha value is 0.620. The van der Waals surface area contributed by atoms with Crippen molar-refractivity contribution in [1.82, 2.24) is 4.90 Å². The average molecular weight is 748 g/mol. The summed E-state index contributed by atoms with van der Waals surface area (Å²) in [4.78, 5) is 3.43. The summed E-state index contributed by atoms with van der Waals surface area (Å²) < 4.78 is 6.88. The third kappa shape index (κ3) is 6.49. The summed E-state index contributed by atoms with van der Waals surface area (Å²) in [5.74, 6) is 10.2. The Morgan fingerprint density at radius 2 is 0.962 bits per heavy atom. The monoisotopic (exact) mass is 748 g/mol. The molecule has 0 amide bonds. The predicted octanol–water partition coefficient (Wildman–Crippen LogP) is 12.7. The lowest BCUT2D eigenvalue weighted by atomic mass is 9.64. The van der Waals surface area contributed by atoms with Crippen LogP contribution < -0.4 is 0 Å². The highest BCUT2D eigenvalue weighted by Crippen LogP contribution is 2.65. The van der Waals surface area contributed by atoms with Crippen LogP contribution in [0.3, 0.4) is 0 Å². The van der Waals surface area contributed by atoms with E-state index in [0.29, 0.717) is 12.2 Å². The van der Waals surface area contributed by atoms with Crippen molar-refractivity contribution in [1.29, 1.82) is 0 Å². The summed E-state index contributed by atoms with van der Waals surface area (Å²) in [6.07, 6.45) is 45.6. The maximum Gasteiger partial charge on any atom is 0.0613 e. The molecule has 0 N–H and O–H groups in total. The third-order valence-corrected chi connectivity index (χ3v) is 23.3. The first kappa shape index (κ1) is 35.8. The SMILES string of the molecule is C1CCC(C2CCC(N(C3CCC(C4CCC5C(C4)OC4CCCCC45)CC3)C3CCCC4C5CCC6SC7CCCCC7C6C5SC43)CC2)CC1. The lowest BCUT2D eigenvalue weighted by molar-refractivity contribution is -0.0269. The number of hydrogen-bond donors (Lipinski definition) is 0. The van der Waals surface area contributed by atoms with Crippen molar-refractivity contribution in [2.45, 2.75) is 238 Å². The Bertz CT molecular complexity index is 1200. The lowest BCUT2D eigenvalue weighted by Gasteiger charge is -2.52. The summed E-state index contributed by atoms with van der Waals surface area (Å²) in [6.45, 7) is 0. The van der Waals surface area contributed by atoms with Gasteiger partial charge in [-0.1, -0.05) is 64.2 Å². The fourth-order valence-electron chi connectivity index (χ4n) is 17.3. The molecule has 11 rings (SSSR count). The molecule has 2 nitrogen and oxygen atoms in total. The van der Waals surface area contributed by atoms with Crippen molar-refractivity contribution in [2.24, 2.45) is 59.2 Å². The van der Waals surface area contributed by atoms with Gasteiger partial charge in [-0.05, 0) is 181 Å². The number of hydrogen-bond acceptors (Lipinski definition) is 4. The molecule has 0 spiro atoms. The molecule has 11 aliphatic rings. The zero-order valence-electron chi connectivity index (χ0n) is 33.1. The quantitative estimate of drug-likeness (QED) is 0.277. The van der Waals surface area contributed by atoms with Gasteiger partial charge in [0.15, 0.2) is 0 Å². The minimum absolute atomic E-state index is 0.629. The van der Waals surface area contributed by atoms with Gasteiger partial charge in [-0.3, -0.25) is 4.90 Å². The molecular formula is C48H77NOS2. The molecule has 0 aromatic carbocycles. The Balaban J connectivity index is 0.803. The molecule has 14 atom stereocenters. The van der Waals surface area contributed by atoms with E-state index in [0.717, 1.165) is 98.3 Å². The van der Waals surface area contributed by atoms with E-state index in [-0.39, 0.29) is 0 Å². The van der Waals surface area contributed by atoms with Gasteiger partial charge in [0.25, 0.3) is 0 Å². The molecule has 0 aromatic heterocycles. The molecule has 0 bridgehead atoms. The number of nitrogens with zero attached hydrogens (tertiary/aromatic N) is 1. The average Bonchev–Trinajstić information content (AvgIpc) is 3.90. The van der Waals surface area contributed by atoms with E-state index < -0.39 is 0 Å². The van der Waals surface area contributed by atoms with Gasteiger partial charge >= 0.3 is 0 Å². The van der Waals surface area contributed by atoms with Gasteiger partial charge in [-0.15, -0.1) is 0 Å². The Morgan fingerprint density at radius 1 is 0.365 bits per heavy atom. The highest BCUT2D eigenvalue weighted by molar-refractivity contribution is 8.02. The minimum atomic E-state index is 0.629. The second-order valence-electron chi connectivity index (χ2n) is 21.6. The zero-order valence-corrected chi connectivity index (χ0v) is 34.8. The topological polar surface area (TPSA) is 12.5 Å². The lowest BCUT2D eigenvalue weighted by Crippen LogP contribution is -2.57. The van der Waals surface area contributed by atoms with Crippen molar-refractivity contribution in [3.63, 3.8) is 0 Å². The smallest absolute Gasteiger partial charge is 0.0613 e. The molecule has 0 aromatic rings. The summed E-state index contributed by atoms with van der Waals surface area (Å²) in [7, 11) is 0. The minimum Gasteiger partial charge on any atom is -0.374 e. The Kier molecular flexibility index (Phi) is 10.6. The van der Waals surface area contributed by atoms with Gasteiger partial charge in [0.2, 0.25) is 0 Å². The number of rotatable bonds is 5. The molecule has 3 heterocycles. The van der Waals surface area contributed by atoms with Crippen molar-refractivity contribution < 1.29 is 4.74 Å². The fourth-order valence-corrected chi connectivity index (χ4v) is 21.9. The van der Waals surface area contributed by atoms with Crippen LogP contribution in [0.5, 0.6) is 0 Å². The summed E-state index contributed by atoms with van der Waals surface area (Å²) in [5.41, 5.74) is 0.